The van der Waals surface area contributed by atoms with Gasteiger partial charge in [0.2, 0.25) is 0 Å². The summed E-state index contributed by atoms with van der Waals surface area (Å²) in [6.07, 6.45) is 0. The molecule has 0 heterocycles. The van der Waals surface area contributed by atoms with E-state index in [2.05, 4.69) is 21.2 Å². The maximum Gasteiger partial charge on any atom is 0.325 e. The Bertz CT molecular complexity index is 668. The van der Waals surface area contributed by atoms with Gasteiger partial charge < -0.3 is 10.1 Å². The third kappa shape index (κ3) is 5.00. The van der Waals surface area contributed by atoms with Crippen molar-refractivity contribution in [1.29, 1.82) is 0 Å². The van der Waals surface area contributed by atoms with Crippen molar-refractivity contribution in [3.63, 3.8) is 0 Å². The second kappa shape index (κ2) is 7.75. The maximum atomic E-state index is 11.8. The van der Waals surface area contributed by atoms with Gasteiger partial charge in [0.25, 0.3) is 5.91 Å². The smallest absolute Gasteiger partial charge is 0.325 e. The fourth-order valence-electron chi connectivity index (χ4n) is 1.87. The number of amides is 1. The lowest BCUT2D eigenvalue weighted by molar-refractivity contribution is -0.143. The van der Waals surface area contributed by atoms with Crippen LogP contribution >= 0.6 is 15.9 Å². The summed E-state index contributed by atoms with van der Waals surface area (Å²) in [6, 6.07) is 14.6. The number of rotatable bonds is 5. The predicted octanol–water partition coefficient (Wildman–Crippen LogP) is 3.23. The summed E-state index contributed by atoms with van der Waals surface area (Å²) in [5.41, 5.74) is 2.53. The Morgan fingerprint density at radius 1 is 1.14 bits per heavy atom. The van der Waals surface area contributed by atoms with E-state index in [1.54, 1.807) is 24.3 Å². The fraction of sp³-hybridized carbons (Fsp3) is 0.176. The lowest BCUT2D eigenvalue weighted by Crippen LogP contribution is -2.30. The van der Waals surface area contributed by atoms with Crippen LogP contribution in [0.25, 0.3) is 0 Å². The Morgan fingerprint density at radius 2 is 1.86 bits per heavy atom. The molecule has 2 rings (SSSR count). The number of nitrogens with one attached hydrogen (secondary N) is 1. The highest BCUT2D eigenvalue weighted by atomic mass is 79.9. The average Bonchev–Trinajstić information content (AvgIpc) is 2.51. The molecule has 0 saturated carbocycles. The van der Waals surface area contributed by atoms with E-state index in [0.29, 0.717) is 5.56 Å². The van der Waals surface area contributed by atoms with Crippen LogP contribution in [-0.4, -0.2) is 18.4 Å². The summed E-state index contributed by atoms with van der Waals surface area (Å²) >= 11 is 3.30. The van der Waals surface area contributed by atoms with Crippen LogP contribution in [-0.2, 0) is 16.1 Å². The van der Waals surface area contributed by atoms with E-state index < -0.39 is 5.97 Å². The van der Waals surface area contributed by atoms with Gasteiger partial charge in [0.15, 0.2) is 0 Å². The molecule has 0 atom stereocenters. The van der Waals surface area contributed by atoms with Crippen molar-refractivity contribution < 1.29 is 14.3 Å². The van der Waals surface area contributed by atoms with Crippen LogP contribution in [0.1, 0.15) is 21.5 Å². The fourth-order valence-corrected chi connectivity index (χ4v) is 2.14. The Hall–Kier alpha value is -2.14. The molecular formula is C17H16BrNO3. The Morgan fingerprint density at radius 3 is 2.55 bits per heavy atom. The number of esters is 1. The molecule has 1 N–H and O–H groups in total. The molecule has 0 spiro atoms. The molecule has 114 valence electrons. The van der Waals surface area contributed by atoms with E-state index in [1.807, 2.05) is 31.2 Å². The minimum atomic E-state index is -0.466. The molecule has 4 nitrogen and oxygen atoms in total. The second-order valence-electron chi connectivity index (χ2n) is 4.84. The standard InChI is InChI=1S/C17H16BrNO3/c1-12-3-2-4-13(9-12)11-22-16(20)10-19-17(21)14-5-7-15(18)8-6-14/h2-9H,10-11H2,1H3,(H,19,21). The predicted molar refractivity (Wildman–Crippen MR) is 87.5 cm³/mol. The van der Waals surface area contributed by atoms with Gasteiger partial charge >= 0.3 is 5.97 Å². The summed E-state index contributed by atoms with van der Waals surface area (Å²) < 4.78 is 6.02. The minimum Gasteiger partial charge on any atom is -0.460 e. The largest absolute Gasteiger partial charge is 0.460 e. The molecule has 0 aliphatic heterocycles. The molecule has 2 aromatic rings. The van der Waals surface area contributed by atoms with Crippen LogP contribution in [0.5, 0.6) is 0 Å². The van der Waals surface area contributed by atoms with Crippen molar-refractivity contribution in [1.82, 2.24) is 5.32 Å². The number of hydrogen-bond donors (Lipinski definition) is 1. The van der Waals surface area contributed by atoms with E-state index in [0.717, 1.165) is 15.6 Å². The number of benzene rings is 2. The normalized spacial score (nSPS) is 10.1. The zero-order chi connectivity index (χ0) is 15.9. The number of hydrogen-bond acceptors (Lipinski definition) is 3. The molecular weight excluding hydrogens is 346 g/mol. The van der Waals surface area contributed by atoms with E-state index in [4.69, 9.17) is 4.74 Å². The van der Waals surface area contributed by atoms with Crippen LogP contribution in [0.4, 0.5) is 0 Å². The second-order valence-corrected chi connectivity index (χ2v) is 5.75. The molecule has 0 saturated heterocycles. The minimum absolute atomic E-state index is 0.152. The van der Waals surface area contributed by atoms with Crippen LogP contribution in [0.15, 0.2) is 53.0 Å². The van der Waals surface area contributed by atoms with Crippen molar-refractivity contribution in [3.8, 4) is 0 Å². The van der Waals surface area contributed by atoms with Gasteiger partial charge in [0, 0.05) is 10.0 Å². The van der Waals surface area contributed by atoms with Crippen molar-refractivity contribution in [2.24, 2.45) is 0 Å². The van der Waals surface area contributed by atoms with Crippen molar-refractivity contribution in [2.75, 3.05) is 6.54 Å². The molecule has 0 bridgehead atoms. The molecule has 0 aliphatic carbocycles. The number of carbonyl (C=O) groups excluding carboxylic acids is 2. The van der Waals surface area contributed by atoms with Gasteiger partial charge in [-0.25, -0.2) is 0 Å². The number of halogens is 1. The van der Waals surface area contributed by atoms with E-state index in [-0.39, 0.29) is 19.1 Å². The van der Waals surface area contributed by atoms with Gasteiger partial charge in [0.05, 0.1) is 0 Å². The third-order valence-electron chi connectivity index (χ3n) is 2.98. The molecule has 22 heavy (non-hydrogen) atoms. The first-order valence-corrected chi connectivity index (χ1v) is 7.59. The Labute approximate surface area is 137 Å². The Balaban J connectivity index is 1.78. The first-order valence-electron chi connectivity index (χ1n) is 6.79. The number of aryl methyl sites for hydroxylation is 1. The molecule has 2 aromatic carbocycles. The number of ether oxygens (including phenoxy) is 1. The highest BCUT2D eigenvalue weighted by Gasteiger charge is 2.09. The van der Waals surface area contributed by atoms with Crippen LogP contribution in [0.3, 0.4) is 0 Å². The first kappa shape index (κ1) is 16.2. The summed E-state index contributed by atoms with van der Waals surface area (Å²) in [4.78, 5) is 23.5. The first-order chi connectivity index (χ1) is 10.5. The zero-order valence-corrected chi connectivity index (χ0v) is 13.7. The lowest BCUT2D eigenvalue weighted by atomic mass is 10.1. The highest BCUT2D eigenvalue weighted by Crippen LogP contribution is 2.10. The van der Waals surface area contributed by atoms with E-state index >= 15 is 0 Å². The molecule has 0 radical (unpaired) electrons. The van der Waals surface area contributed by atoms with Crippen LogP contribution in [0.2, 0.25) is 0 Å². The summed E-state index contributed by atoms with van der Waals surface area (Å²) in [5.74, 6) is -0.771. The molecule has 0 unspecified atom stereocenters. The number of carbonyl (C=O) groups is 2. The van der Waals surface area contributed by atoms with Crippen molar-refractivity contribution in [2.45, 2.75) is 13.5 Å². The highest BCUT2D eigenvalue weighted by molar-refractivity contribution is 9.10. The quantitative estimate of drug-likeness (QED) is 0.831. The summed E-state index contributed by atoms with van der Waals surface area (Å²) in [5, 5.41) is 2.54. The zero-order valence-electron chi connectivity index (χ0n) is 12.1. The topological polar surface area (TPSA) is 55.4 Å². The van der Waals surface area contributed by atoms with Crippen molar-refractivity contribution in [3.05, 3.63) is 69.7 Å². The monoisotopic (exact) mass is 361 g/mol. The Kier molecular flexibility index (Phi) is 5.72. The molecule has 0 fully saturated rings. The van der Waals surface area contributed by atoms with Gasteiger partial charge in [-0.05, 0) is 36.8 Å². The molecule has 0 aromatic heterocycles. The van der Waals surface area contributed by atoms with E-state index in [9.17, 15) is 9.59 Å². The lowest BCUT2D eigenvalue weighted by Gasteiger charge is -2.07. The van der Waals surface area contributed by atoms with Gasteiger partial charge in [0.1, 0.15) is 13.2 Å². The SMILES string of the molecule is Cc1cccc(COC(=O)CNC(=O)c2ccc(Br)cc2)c1. The summed E-state index contributed by atoms with van der Waals surface area (Å²) in [6.45, 7) is 2.03. The van der Waals surface area contributed by atoms with E-state index in [1.165, 1.54) is 0 Å². The molecule has 0 aliphatic rings. The molecule has 5 heteroatoms. The van der Waals surface area contributed by atoms with Gasteiger partial charge in [-0.2, -0.15) is 0 Å². The van der Waals surface area contributed by atoms with Crippen LogP contribution in [0, 0.1) is 6.92 Å². The van der Waals surface area contributed by atoms with Gasteiger partial charge in [-0.15, -0.1) is 0 Å². The van der Waals surface area contributed by atoms with Crippen molar-refractivity contribution >= 4 is 27.8 Å². The van der Waals surface area contributed by atoms with Gasteiger partial charge in [-0.1, -0.05) is 45.8 Å². The van der Waals surface area contributed by atoms with Crippen LogP contribution < -0.4 is 5.32 Å². The third-order valence-corrected chi connectivity index (χ3v) is 3.51. The summed E-state index contributed by atoms with van der Waals surface area (Å²) in [7, 11) is 0. The maximum absolute atomic E-state index is 11.8. The van der Waals surface area contributed by atoms with Gasteiger partial charge in [-0.3, -0.25) is 9.59 Å². The average molecular weight is 362 g/mol. The molecule has 1 amide bonds.